The van der Waals surface area contributed by atoms with E-state index in [0.29, 0.717) is 60.4 Å². The minimum atomic E-state index is -0.271. The van der Waals surface area contributed by atoms with Gasteiger partial charge < -0.3 is 29.6 Å². The molecular formula is C28H32N2O6. The summed E-state index contributed by atoms with van der Waals surface area (Å²) in [5.74, 6) is 1.88. The van der Waals surface area contributed by atoms with Crippen molar-refractivity contribution in [3.8, 4) is 23.0 Å². The zero-order chi connectivity index (χ0) is 25.8. The van der Waals surface area contributed by atoms with E-state index < -0.39 is 0 Å². The minimum absolute atomic E-state index is 0.183. The van der Waals surface area contributed by atoms with Crippen molar-refractivity contribution in [3.63, 3.8) is 0 Å². The van der Waals surface area contributed by atoms with Crippen LogP contribution in [0.15, 0.2) is 66.7 Å². The molecule has 0 unspecified atom stereocenters. The summed E-state index contributed by atoms with van der Waals surface area (Å²) in [7, 11) is 1.61. The van der Waals surface area contributed by atoms with Gasteiger partial charge in [0.25, 0.3) is 5.91 Å². The van der Waals surface area contributed by atoms with E-state index in [1.165, 1.54) is 0 Å². The predicted molar refractivity (Wildman–Crippen MR) is 140 cm³/mol. The van der Waals surface area contributed by atoms with E-state index in [2.05, 4.69) is 10.6 Å². The normalized spacial score (nSPS) is 10.3. The van der Waals surface area contributed by atoms with Crippen LogP contribution in [0.2, 0.25) is 0 Å². The molecule has 0 aliphatic heterocycles. The number of rotatable bonds is 13. The highest BCUT2D eigenvalue weighted by molar-refractivity contribution is 6.05. The highest BCUT2D eigenvalue weighted by Gasteiger charge is 2.17. The molecule has 36 heavy (non-hydrogen) atoms. The van der Waals surface area contributed by atoms with Crippen molar-refractivity contribution < 1.29 is 28.5 Å². The van der Waals surface area contributed by atoms with Crippen LogP contribution < -0.4 is 29.6 Å². The molecule has 2 amide bonds. The molecule has 8 nitrogen and oxygen atoms in total. The molecule has 8 heteroatoms. The summed E-state index contributed by atoms with van der Waals surface area (Å²) in [6, 6.07) is 19.5. The maximum absolute atomic E-state index is 12.7. The van der Waals surface area contributed by atoms with Gasteiger partial charge in [-0.15, -0.1) is 0 Å². The summed E-state index contributed by atoms with van der Waals surface area (Å²) in [5.41, 5.74) is 1.45. The quantitative estimate of drug-likeness (QED) is 0.304. The van der Waals surface area contributed by atoms with E-state index in [-0.39, 0.29) is 18.2 Å². The zero-order valence-corrected chi connectivity index (χ0v) is 20.8. The summed E-state index contributed by atoms with van der Waals surface area (Å²) in [6.07, 6.45) is 0.795. The van der Waals surface area contributed by atoms with Crippen molar-refractivity contribution >= 4 is 23.2 Å². The maximum atomic E-state index is 12.7. The van der Waals surface area contributed by atoms with Crippen LogP contribution in [0.4, 0.5) is 11.4 Å². The van der Waals surface area contributed by atoms with Gasteiger partial charge in [0, 0.05) is 24.1 Å². The van der Waals surface area contributed by atoms with Crippen molar-refractivity contribution in [3.05, 3.63) is 72.3 Å². The fourth-order valence-electron chi connectivity index (χ4n) is 3.40. The third-order valence-corrected chi connectivity index (χ3v) is 5.12. The van der Waals surface area contributed by atoms with Crippen molar-refractivity contribution in [1.29, 1.82) is 0 Å². The van der Waals surface area contributed by atoms with Crippen LogP contribution in [-0.4, -0.2) is 38.7 Å². The van der Waals surface area contributed by atoms with Gasteiger partial charge >= 0.3 is 0 Å². The zero-order valence-electron chi connectivity index (χ0n) is 20.8. The third-order valence-electron chi connectivity index (χ3n) is 5.12. The molecule has 0 bridgehead atoms. The first-order chi connectivity index (χ1) is 17.5. The van der Waals surface area contributed by atoms with Crippen LogP contribution in [-0.2, 0) is 4.79 Å². The van der Waals surface area contributed by atoms with Gasteiger partial charge in [-0.3, -0.25) is 9.59 Å². The van der Waals surface area contributed by atoms with Crippen LogP contribution in [0.3, 0.4) is 0 Å². The first-order valence-corrected chi connectivity index (χ1v) is 11.9. The number of anilines is 2. The smallest absolute Gasteiger partial charge is 0.255 e. The minimum Gasteiger partial charge on any atom is -0.497 e. The highest BCUT2D eigenvalue weighted by atomic mass is 16.5. The first-order valence-electron chi connectivity index (χ1n) is 11.9. The van der Waals surface area contributed by atoms with E-state index >= 15 is 0 Å². The molecule has 0 spiro atoms. The van der Waals surface area contributed by atoms with E-state index in [0.717, 1.165) is 5.75 Å². The van der Waals surface area contributed by atoms with E-state index in [4.69, 9.17) is 18.9 Å². The second kappa shape index (κ2) is 13.6. The number of nitrogens with one attached hydrogen (secondary N) is 2. The molecule has 0 aliphatic rings. The van der Waals surface area contributed by atoms with E-state index in [9.17, 15) is 9.59 Å². The molecule has 0 radical (unpaired) electrons. The second-order valence-electron chi connectivity index (χ2n) is 7.71. The Labute approximate surface area is 211 Å². The molecule has 0 aromatic heterocycles. The Balaban J connectivity index is 1.64. The molecule has 0 saturated heterocycles. The molecular weight excluding hydrogens is 460 g/mol. The van der Waals surface area contributed by atoms with Gasteiger partial charge in [-0.05, 0) is 56.7 Å². The Hall–Kier alpha value is -4.20. The Bertz CT molecular complexity index is 1130. The van der Waals surface area contributed by atoms with Crippen LogP contribution in [0, 0.1) is 0 Å². The van der Waals surface area contributed by atoms with E-state index in [1.54, 1.807) is 43.5 Å². The van der Waals surface area contributed by atoms with Crippen LogP contribution in [0.5, 0.6) is 23.0 Å². The topological polar surface area (TPSA) is 95.1 Å². The van der Waals surface area contributed by atoms with Crippen LogP contribution in [0.25, 0.3) is 0 Å². The largest absolute Gasteiger partial charge is 0.497 e. The van der Waals surface area contributed by atoms with Gasteiger partial charge in [0.05, 0.1) is 38.3 Å². The molecule has 0 heterocycles. The number of carbonyl (C=O) groups excluding carboxylic acids is 2. The SMILES string of the molecule is CCOc1cc(NC(=O)c2ccccc2)c(OCC)cc1NC(=O)CCCOc1ccc(OC)cc1. The summed E-state index contributed by atoms with van der Waals surface area (Å²) >= 11 is 0. The molecule has 3 aromatic carbocycles. The van der Waals surface area contributed by atoms with Gasteiger partial charge in [0.15, 0.2) is 0 Å². The lowest BCUT2D eigenvalue weighted by Gasteiger charge is -2.18. The fourth-order valence-corrected chi connectivity index (χ4v) is 3.40. The predicted octanol–water partition coefficient (Wildman–Crippen LogP) is 5.54. The summed E-state index contributed by atoms with van der Waals surface area (Å²) in [4.78, 5) is 25.3. The van der Waals surface area contributed by atoms with Gasteiger partial charge in [0.1, 0.15) is 23.0 Å². The Morgan fingerprint density at radius 3 is 1.92 bits per heavy atom. The number of hydrogen-bond donors (Lipinski definition) is 2. The standard InChI is InChI=1S/C28H32N2O6/c1-4-34-25-19-24(30-28(32)20-10-7-6-8-11-20)26(35-5-2)18-23(25)29-27(31)12-9-17-36-22-15-13-21(33-3)14-16-22/h6-8,10-11,13-16,18-19H,4-5,9,12,17H2,1-3H3,(H,29,31)(H,30,32). The average molecular weight is 493 g/mol. The molecule has 0 atom stereocenters. The van der Waals surface area contributed by atoms with Gasteiger partial charge in [-0.1, -0.05) is 18.2 Å². The lowest BCUT2D eigenvalue weighted by atomic mass is 10.2. The molecule has 3 aromatic rings. The Morgan fingerprint density at radius 1 is 0.750 bits per heavy atom. The monoisotopic (exact) mass is 492 g/mol. The number of hydrogen-bond acceptors (Lipinski definition) is 6. The fraction of sp³-hybridized carbons (Fsp3) is 0.286. The number of amides is 2. The number of ether oxygens (including phenoxy) is 4. The molecule has 0 fully saturated rings. The van der Waals surface area contributed by atoms with Gasteiger partial charge in [-0.25, -0.2) is 0 Å². The van der Waals surface area contributed by atoms with Gasteiger partial charge in [0.2, 0.25) is 5.91 Å². The molecule has 0 aliphatic carbocycles. The lowest BCUT2D eigenvalue weighted by Crippen LogP contribution is -2.16. The third kappa shape index (κ3) is 7.66. The van der Waals surface area contributed by atoms with Gasteiger partial charge in [-0.2, -0.15) is 0 Å². The van der Waals surface area contributed by atoms with Crippen molar-refractivity contribution in [2.24, 2.45) is 0 Å². The van der Waals surface area contributed by atoms with E-state index in [1.807, 2.05) is 44.2 Å². The summed E-state index contributed by atoms with van der Waals surface area (Å²) in [6.45, 7) is 4.87. The molecule has 190 valence electrons. The number of methoxy groups -OCH3 is 1. The van der Waals surface area contributed by atoms with Crippen LogP contribution >= 0.6 is 0 Å². The Morgan fingerprint density at radius 2 is 1.33 bits per heavy atom. The maximum Gasteiger partial charge on any atom is 0.255 e. The molecule has 3 rings (SSSR count). The second-order valence-corrected chi connectivity index (χ2v) is 7.71. The highest BCUT2D eigenvalue weighted by Crippen LogP contribution is 2.37. The summed E-state index contributed by atoms with van der Waals surface area (Å²) < 4.78 is 22.3. The van der Waals surface area contributed by atoms with Crippen LogP contribution in [0.1, 0.15) is 37.0 Å². The average Bonchev–Trinajstić information content (AvgIpc) is 2.90. The molecule has 2 N–H and O–H groups in total. The first kappa shape index (κ1) is 26.4. The van der Waals surface area contributed by atoms with Crippen molar-refractivity contribution in [2.45, 2.75) is 26.7 Å². The van der Waals surface area contributed by atoms with Crippen molar-refractivity contribution in [2.75, 3.05) is 37.6 Å². The Kier molecular flexibility index (Phi) is 10.00. The molecule has 0 saturated carbocycles. The van der Waals surface area contributed by atoms with Crippen molar-refractivity contribution in [1.82, 2.24) is 0 Å². The number of benzene rings is 3. The lowest BCUT2D eigenvalue weighted by molar-refractivity contribution is -0.116. The summed E-state index contributed by atoms with van der Waals surface area (Å²) in [5, 5.41) is 5.77. The number of carbonyl (C=O) groups is 2.